The first kappa shape index (κ1) is 18.9. The number of fused-ring (bicyclic) bond motifs is 1. The number of rotatable bonds is 3. The molecule has 1 aliphatic carbocycles. The molecular weight excluding hydrogens is 393 g/mol. The Labute approximate surface area is 172 Å². The van der Waals surface area contributed by atoms with Gasteiger partial charge < -0.3 is 16.8 Å². The van der Waals surface area contributed by atoms with Crippen LogP contribution in [0.5, 0.6) is 0 Å². The van der Waals surface area contributed by atoms with E-state index in [9.17, 15) is 0 Å². The van der Waals surface area contributed by atoms with Crippen molar-refractivity contribution in [2.75, 3.05) is 11.1 Å². The van der Waals surface area contributed by atoms with Gasteiger partial charge in [-0.1, -0.05) is 19.1 Å². The Morgan fingerprint density at radius 1 is 1.32 bits per heavy atom. The number of hydrogen-bond donors (Lipinski definition) is 4. The maximum Gasteiger partial charge on any atom is 0.196 e. The van der Waals surface area contributed by atoms with Crippen molar-refractivity contribution in [1.82, 2.24) is 9.38 Å². The zero-order chi connectivity index (χ0) is 20.0. The maximum absolute atomic E-state index is 15.1. The molecule has 1 aliphatic rings. The van der Waals surface area contributed by atoms with E-state index in [1.165, 1.54) is 17.4 Å². The third kappa shape index (κ3) is 3.16. The maximum atomic E-state index is 15.1. The number of nitrogen functional groups attached to an aromatic ring is 1. The first-order valence-corrected chi connectivity index (χ1v) is 10.3. The standard InChI is InChI=1S/C20H22FN5S2/c1-10-4-3-5-14(23)17(10)24-19-18(25-20-26(19)15(27)9-28-20)16-11(2)8-12(22)6-7-13(16)21/h3-7,9,11,16,24,27H,8,22-23H2,1-2H3. The van der Waals surface area contributed by atoms with Crippen LogP contribution in [-0.2, 0) is 0 Å². The Kier molecular flexibility index (Phi) is 4.84. The van der Waals surface area contributed by atoms with E-state index >= 15 is 4.39 Å². The molecule has 0 aliphatic heterocycles. The van der Waals surface area contributed by atoms with Crippen LogP contribution in [0.15, 0.2) is 52.3 Å². The summed E-state index contributed by atoms with van der Waals surface area (Å²) in [5.41, 5.74) is 15.9. The average molecular weight is 416 g/mol. The number of benzene rings is 1. The summed E-state index contributed by atoms with van der Waals surface area (Å²) in [5.74, 6) is -0.119. The zero-order valence-corrected chi connectivity index (χ0v) is 17.3. The van der Waals surface area contributed by atoms with Gasteiger partial charge in [-0.25, -0.2) is 9.37 Å². The third-order valence-electron chi connectivity index (χ3n) is 5.10. The van der Waals surface area contributed by atoms with Gasteiger partial charge in [-0.2, -0.15) is 0 Å². The van der Waals surface area contributed by atoms with Crippen molar-refractivity contribution in [3.05, 3.63) is 58.5 Å². The van der Waals surface area contributed by atoms with E-state index < -0.39 is 5.92 Å². The summed E-state index contributed by atoms with van der Waals surface area (Å²) < 4.78 is 17.0. The summed E-state index contributed by atoms with van der Waals surface area (Å²) in [5, 5.41) is 6.06. The molecule has 5 N–H and O–H groups in total. The smallest absolute Gasteiger partial charge is 0.196 e. The minimum absolute atomic E-state index is 0.0438. The zero-order valence-electron chi connectivity index (χ0n) is 15.6. The molecule has 1 aromatic carbocycles. The van der Waals surface area contributed by atoms with Gasteiger partial charge in [0, 0.05) is 11.1 Å². The van der Waals surface area contributed by atoms with Crippen molar-refractivity contribution in [1.29, 1.82) is 0 Å². The number of thiazole rings is 1. The summed E-state index contributed by atoms with van der Waals surface area (Å²) in [6.07, 6.45) is 3.69. The molecule has 0 saturated heterocycles. The first-order valence-electron chi connectivity index (χ1n) is 8.99. The molecule has 2 atom stereocenters. The summed E-state index contributed by atoms with van der Waals surface area (Å²) in [7, 11) is 0. The SMILES string of the molecule is Cc1cccc(N)c1Nc1c(C2C(F)=CC=C(N)CC2C)nc2scc(S)n12. The number of para-hydroxylation sites is 1. The minimum Gasteiger partial charge on any atom is -0.402 e. The van der Waals surface area contributed by atoms with E-state index in [1.807, 2.05) is 41.8 Å². The van der Waals surface area contributed by atoms with E-state index in [-0.39, 0.29) is 11.7 Å². The van der Waals surface area contributed by atoms with Crippen LogP contribution in [0.3, 0.4) is 0 Å². The van der Waals surface area contributed by atoms with Crippen molar-refractivity contribution in [3.63, 3.8) is 0 Å². The second-order valence-electron chi connectivity index (χ2n) is 7.17. The summed E-state index contributed by atoms with van der Waals surface area (Å²) >= 11 is 6.04. The van der Waals surface area contributed by atoms with Crippen molar-refractivity contribution in [2.45, 2.75) is 31.2 Å². The second-order valence-corrected chi connectivity index (χ2v) is 8.47. The van der Waals surface area contributed by atoms with Gasteiger partial charge >= 0.3 is 0 Å². The molecule has 4 rings (SSSR count). The fourth-order valence-corrected chi connectivity index (χ4v) is 4.89. The van der Waals surface area contributed by atoms with Crippen molar-refractivity contribution < 1.29 is 4.39 Å². The highest BCUT2D eigenvalue weighted by molar-refractivity contribution is 7.80. The van der Waals surface area contributed by atoms with Gasteiger partial charge in [0.15, 0.2) is 4.96 Å². The molecule has 0 bridgehead atoms. The van der Waals surface area contributed by atoms with Crippen molar-refractivity contribution in [3.8, 4) is 0 Å². The minimum atomic E-state index is -0.509. The Balaban J connectivity index is 1.89. The normalized spacial score (nSPS) is 20.0. The van der Waals surface area contributed by atoms with Gasteiger partial charge in [0.05, 0.1) is 28.0 Å². The molecule has 2 unspecified atom stereocenters. The van der Waals surface area contributed by atoms with Gasteiger partial charge in [-0.15, -0.1) is 24.0 Å². The Hall–Kier alpha value is -2.45. The first-order chi connectivity index (χ1) is 13.4. The molecule has 2 aromatic heterocycles. The van der Waals surface area contributed by atoms with E-state index in [0.717, 1.165) is 21.2 Å². The Morgan fingerprint density at radius 2 is 2.11 bits per heavy atom. The largest absolute Gasteiger partial charge is 0.402 e. The van der Waals surface area contributed by atoms with Gasteiger partial charge in [-0.3, -0.25) is 4.40 Å². The van der Waals surface area contributed by atoms with Crippen LogP contribution in [0.25, 0.3) is 4.96 Å². The molecule has 0 amide bonds. The number of aryl methyl sites for hydroxylation is 1. The van der Waals surface area contributed by atoms with Gasteiger partial charge in [0.25, 0.3) is 0 Å². The van der Waals surface area contributed by atoms with Crippen LogP contribution < -0.4 is 16.8 Å². The highest BCUT2D eigenvalue weighted by Gasteiger charge is 2.32. The van der Waals surface area contributed by atoms with Crippen LogP contribution in [-0.4, -0.2) is 9.38 Å². The fourth-order valence-electron chi connectivity index (χ4n) is 3.70. The lowest BCUT2D eigenvalue weighted by atomic mass is 9.87. The van der Waals surface area contributed by atoms with E-state index in [2.05, 4.69) is 17.9 Å². The average Bonchev–Trinajstić information content (AvgIpc) is 3.13. The predicted molar refractivity (Wildman–Crippen MR) is 117 cm³/mol. The molecule has 2 heterocycles. The number of nitrogens with zero attached hydrogens (tertiary/aromatic N) is 2. The lowest BCUT2D eigenvalue weighted by Gasteiger charge is -2.22. The molecule has 5 nitrogen and oxygen atoms in total. The molecular formula is C20H22FN5S2. The van der Waals surface area contributed by atoms with Gasteiger partial charge in [-0.05, 0) is 43.0 Å². The lowest BCUT2D eigenvalue weighted by Crippen LogP contribution is -2.15. The quantitative estimate of drug-likeness (QED) is 0.353. The number of hydrogen-bond acceptors (Lipinski definition) is 6. The molecule has 28 heavy (non-hydrogen) atoms. The molecule has 0 radical (unpaired) electrons. The van der Waals surface area contributed by atoms with Crippen LogP contribution in [0.1, 0.15) is 30.5 Å². The predicted octanol–water partition coefficient (Wildman–Crippen LogP) is 5.14. The van der Waals surface area contributed by atoms with Gasteiger partial charge in [0.1, 0.15) is 11.6 Å². The molecule has 0 spiro atoms. The number of allylic oxidation sites excluding steroid dienone is 4. The third-order valence-corrected chi connectivity index (χ3v) is 6.43. The van der Waals surface area contributed by atoms with Crippen molar-refractivity contribution >= 4 is 46.1 Å². The van der Waals surface area contributed by atoms with Crippen molar-refractivity contribution in [2.24, 2.45) is 11.7 Å². The van der Waals surface area contributed by atoms with E-state index in [0.29, 0.717) is 29.3 Å². The number of nitrogens with one attached hydrogen (secondary N) is 1. The molecule has 8 heteroatoms. The topological polar surface area (TPSA) is 81.4 Å². The van der Waals surface area contributed by atoms with Crippen LogP contribution >= 0.6 is 24.0 Å². The number of thiol groups is 1. The fraction of sp³-hybridized carbons (Fsp3) is 0.250. The highest BCUT2D eigenvalue weighted by Crippen LogP contribution is 2.43. The summed E-state index contributed by atoms with van der Waals surface area (Å²) in [6, 6.07) is 5.72. The molecule has 0 saturated carbocycles. The number of aromatic nitrogens is 2. The Morgan fingerprint density at radius 3 is 2.86 bits per heavy atom. The summed E-state index contributed by atoms with van der Waals surface area (Å²) in [4.78, 5) is 5.51. The van der Waals surface area contributed by atoms with Crippen LogP contribution in [0.4, 0.5) is 21.6 Å². The molecule has 146 valence electrons. The number of anilines is 3. The molecule has 0 fully saturated rings. The highest BCUT2D eigenvalue weighted by atomic mass is 32.1. The van der Waals surface area contributed by atoms with Gasteiger partial charge in [0.2, 0.25) is 0 Å². The van der Waals surface area contributed by atoms with Crippen LogP contribution in [0.2, 0.25) is 0 Å². The monoisotopic (exact) mass is 415 g/mol. The number of halogens is 1. The number of imidazole rings is 1. The Bertz CT molecular complexity index is 1090. The van der Waals surface area contributed by atoms with E-state index in [4.69, 9.17) is 16.5 Å². The van der Waals surface area contributed by atoms with Crippen LogP contribution in [0, 0.1) is 12.8 Å². The van der Waals surface area contributed by atoms with E-state index in [1.54, 1.807) is 6.08 Å². The second kappa shape index (κ2) is 7.18. The molecule has 3 aromatic rings. The number of nitrogens with two attached hydrogens (primary N) is 2. The summed E-state index contributed by atoms with van der Waals surface area (Å²) in [6.45, 7) is 3.97. The lowest BCUT2D eigenvalue weighted by molar-refractivity contribution is 0.425.